The van der Waals surface area contributed by atoms with Gasteiger partial charge in [0.25, 0.3) is 0 Å². The number of carbonyl (C=O) groups is 1. The zero-order valence-corrected chi connectivity index (χ0v) is 12.2. The van der Waals surface area contributed by atoms with Crippen molar-refractivity contribution in [2.45, 2.75) is 19.8 Å². The monoisotopic (exact) mass is 277 g/mol. The standard InChI is InChI=1S/C15H23N3O2/c1-11(19)18-14-4-3-13(9-15(14)20-2)17-10-12-5-7-16-8-6-12/h3-4,9,12,16-17H,5-8,10H2,1-2H3,(H,18,19). The van der Waals surface area contributed by atoms with Crippen LogP contribution >= 0.6 is 0 Å². The van der Waals surface area contributed by atoms with Crippen LogP contribution in [0.3, 0.4) is 0 Å². The Kier molecular flexibility index (Phi) is 5.24. The summed E-state index contributed by atoms with van der Waals surface area (Å²) >= 11 is 0. The summed E-state index contributed by atoms with van der Waals surface area (Å²) in [6, 6.07) is 5.76. The van der Waals surface area contributed by atoms with Gasteiger partial charge in [-0.2, -0.15) is 0 Å². The summed E-state index contributed by atoms with van der Waals surface area (Å²) in [5.41, 5.74) is 1.72. The van der Waals surface area contributed by atoms with Crippen molar-refractivity contribution in [1.29, 1.82) is 0 Å². The van der Waals surface area contributed by atoms with Crippen molar-refractivity contribution in [3.05, 3.63) is 18.2 Å². The minimum Gasteiger partial charge on any atom is -0.494 e. The van der Waals surface area contributed by atoms with E-state index in [-0.39, 0.29) is 5.91 Å². The van der Waals surface area contributed by atoms with Gasteiger partial charge in [0.2, 0.25) is 5.91 Å². The Morgan fingerprint density at radius 3 is 2.80 bits per heavy atom. The molecule has 1 aliphatic rings. The number of nitrogens with one attached hydrogen (secondary N) is 3. The molecule has 110 valence electrons. The van der Waals surface area contributed by atoms with Crippen LogP contribution in [0.2, 0.25) is 0 Å². The molecule has 1 fully saturated rings. The maximum absolute atomic E-state index is 11.1. The first-order valence-electron chi connectivity index (χ1n) is 7.09. The Morgan fingerprint density at radius 1 is 1.40 bits per heavy atom. The minimum absolute atomic E-state index is 0.0984. The number of ether oxygens (including phenoxy) is 1. The molecule has 2 rings (SSSR count). The third kappa shape index (κ3) is 4.13. The lowest BCUT2D eigenvalue weighted by atomic mass is 9.98. The predicted molar refractivity (Wildman–Crippen MR) is 81.4 cm³/mol. The zero-order valence-electron chi connectivity index (χ0n) is 12.2. The second-order valence-corrected chi connectivity index (χ2v) is 5.17. The minimum atomic E-state index is -0.0984. The van der Waals surface area contributed by atoms with E-state index in [4.69, 9.17) is 4.74 Å². The smallest absolute Gasteiger partial charge is 0.221 e. The molecule has 0 spiro atoms. The fraction of sp³-hybridized carbons (Fsp3) is 0.533. The second-order valence-electron chi connectivity index (χ2n) is 5.17. The number of hydrogen-bond donors (Lipinski definition) is 3. The molecular weight excluding hydrogens is 254 g/mol. The summed E-state index contributed by atoms with van der Waals surface area (Å²) in [5, 5.41) is 9.57. The van der Waals surface area contributed by atoms with E-state index in [9.17, 15) is 4.79 Å². The number of anilines is 2. The lowest BCUT2D eigenvalue weighted by molar-refractivity contribution is -0.114. The van der Waals surface area contributed by atoms with E-state index in [1.807, 2.05) is 18.2 Å². The molecular formula is C15H23N3O2. The lowest BCUT2D eigenvalue weighted by Crippen LogP contribution is -2.31. The van der Waals surface area contributed by atoms with Gasteiger partial charge >= 0.3 is 0 Å². The SMILES string of the molecule is COc1cc(NCC2CCNCC2)ccc1NC(C)=O. The molecule has 0 aliphatic carbocycles. The molecule has 1 aromatic carbocycles. The largest absolute Gasteiger partial charge is 0.494 e. The Balaban J connectivity index is 1.96. The van der Waals surface area contributed by atoms with Gasteiger partial charge in [-0.3, -0.25) is 4.79 Å². The molecule has 0 bridgehead atoms. The van der Waals surface area contributed by atoms with Crippen molar-refractivity contribution in [2.24, 2.45) is 5.92 Å². The van der Waals surface area contributed by atoms with Gasteiger partial charge in [-0.1, -0.05) is 0 Å². The van der Waals surface area contributed by atoms with Crippen molar-refractivity contribution in [3.8, 4) is 5.75 Å². The topological polar surface area (TPSA) is 62.4 Å². The van der Waals surface area contributed by atoms with Gasteiger partial charge in [-0.05, 0) is 44.0 Å². The maximum Gasteiger partial charge on any atom is 0.221 e. The fourth-order valence-electron chi connectivity index (χ4n) is 2.44. The maximum atomic E-state index is 11.1. The van der Waals surface area contributed by atoms with Crippen LogP contribution in [-0.4, -0.2) is 32.7 Å². The molecule has 0 aromatic heterocycles. The molecule has 3 N–H and O–H groups in total. The first kappa shape index (κ1) is 14.7. The van der Waals surface area contributed by atoms with Crippen molar-refractivity contribution in [3.63, 3.8) is 0 Å². The molecule has 5 heteroatoms. The molecule has 1 heterocycles. The third-order valence-electron chi connectivity index (χ3n) is 3.57. The normalized spacial score (nSPS) is 15.7. The Morgan fingerprint density at radius 2 is 2.15 bits per heavy atom. The quantitative estimate of drug-likeness (QED) is 0.771. The molecule has 1 aliphatic heterocycles. The summed E-state index contributed by atoms with van der Waals surface area (Å²) in [6.07, 6.45) is 2.43. The molecule has 0 saturated carbocycles. The lowest BCUT2D eigenvalue weighted by Gasteiger charge is -2.23. The summed E-state index contributed by atoms with van der Waals surface area (Å²) in [7, 11) is 1.61. The highest BCUT2D eigenvalue weighted by Crippen LogP contribution is 2.28. The van der Waals surface area contributed by atoms with Gasteiger partial charge in [0.15, 0.2) is 0 Å². The van der Waals surface area contributed by atoms with E-state index in [1.54, 1.807) is 7.11 Å². The molecule has 0 unspecified atom stereocenters. The first-order valence-corrected chi connectivity index (χ1v) is 7.09. The molecule has 20 heavy (non-hydrogen) atoms. The van der Waals surface area contributed by atoms with Gasteiger partial charge in [-0.15, -0.1) is 0 Å². The van der Waals surface area contributed by atoms with E-state index in [0.29, 0.717) is 11.4 Å². The zero-order chi connectivity index (χ0) is 14.4. The molecule has 0 atom stereocenters. The van der Waals surface area contributed by atoms with Gasteiger partial charge in [0.1, 0.15) is 5.75 Å². The number of carbonyl (C=O) groups excluding carboxylic acids is 1. The molecule has 1 aromatic rings. The third-order valence-corrected chi connectivity index (χ3v) is 3.57. The van der Waals surface area contributed by atoms with Gasteiger partial charge in [0, 0.05) is 25.2 Å². The highest BCUT2D eigenvalue weighted by atomic mass is 16.5. The van der Waals surface area contributed by atoms with Crippen molar-refractivity contribution >= 4 is 17.3 Å². The van der Waals surface area contributed by atoms with Crippen LogP contribution in [0, 0.1) is 5.92 Å². The number of methoxy groups -OCH3 is 1. The van der Waals surface area contributed by atoms with Crippen LogP contribution in [0.1, 0.15) is 19.8 Å². The van der Waals surface area contributed by atoms with E-state index >= 15 is 0 Å². The van der Waals surface area contributed by atoms with Crippen LogP contribution in [0.15, 0.2) is 18.2 Å². The molecule has 0 radical (unpaired) electrons. The average Bonchev–Trinajstić information content (AvgIpc) is 2.46. The summed E-state index contributed by atoms with van der Waals surface area (Å²) < 4.78 is 5.31. The van der Waals surface area contributed by atoms with E-state index in [0.717, 1.165) is 31.2 Å². The summed E-state index contributed by atoms with van der Waals surface area (Å²) in [5.74, 6) is 1.30. The van der Waals surface area contributed by atoms with Gasteiger partial charge in [0.05, 0.1) is 12.8 Å². The Hall–Kier alpha value is -1.75. The van der Waals surface area contributed by atoms with Gasteiger partial charge in [-0.25, -0.2) is 0 Å². The van der Waals surface area contributed by atoms with Crippen molar-refractivity contribution in [1.82, 2.24) is 5.32 Å². The van der Waals surface area contributed by atoms with Crippen LogP contribution in [0.5, 0.6) is 5.75 Å². The van der Waals surface area contributed by atoms with E-state index < -0.39 is 0 Å². The molecule has 5 nitrogen and oxygen atoms in total. The highest BCUT2D eigenvalue weighted by Gasteiger charge is 2.13. The van der Waals surface area contributed by atoms with Gasteiger partial charge < -0.3 is 20.7 Å². The summed E-state index contributed by atoms with van der Waals surface area (Å²) in [4.78, 5) is 11.1. The number of amides is 1. The Labute approximate surface area is 120 Å². The second kappa shape index (κ2) is 7.14. The van der Waals surface area contributed by atoms with Crippen LogP contribution < -0.4 is 20.7 Å². The highest BCUT2D eigenvalue weighted by molar-refractivity contribution is 5.90. The summed E-state index contributed by atoms with van der Waals surface area (Å²) in [6.45, 7) is 4.68. The number of rotatable bonds is 5. The molecule has 1 amide bonds. The van der Waals surface area contributed by atoms with E-state index in [1.165, 1.54) is 19.8 Å². The number of hydrogen-bond acceptors (Lipinski definition) is 4. The van der Waals surface area contributed by atoms with Crippen molar-refractivity contribution < 1.29 is 9.53 Å². The van der Waals surface area contributed by atoms with Crippen molar-refractivity contribution in [2.75, 3.05) is 37.4 Å². The molecule has 1 saturated heterocycles. The Bertz CT molecular complexity index is 456. The van der Waals surface area contributed by atoms with Crippen LogP contribution in [-0.2, 0) is 4.79 Å². The number of benzene rings is 1. The fourth-order valence-corrected chi connectivity index (χ4v) is 2.44. The van der Waals surface area contributed by atoms with E-state index in [2.05, 4.69) is 16.0 Å². The van der Waals surface area contributed by atoms with Crippen LogP contribution in [0.4, 0.5) is 11.4 Å². The first-order chi connectivity index (χ1) is 9.69. The average molecular weight is 277 g/mol. The van der Waals surface area contributed by atoms with Crippen LogP contribution in [0.25, 0.3) is 0 Å². The predicted octanol–water partition coefficient (Wildman–Crippen LogP) is 2.07. The number of piperidine rings is 1.